The maximum atomic E-state index is 13.0. The van der Waals surface area contributed by atoms with Crippen molar-refractivity contribution in [2.75, 3.05) is 69.2 Å². The molecule has 2 aromatic heterocycles. The summed E-state index contributed by atoms with van der Waals surface area (Å²) >= 11 is 0. The van der Waals surface area contributed by atoms with Gasteiger partial charge in [0.1, 0.15) is 23.0 Å². The summed E-state index contributed by atoms with van der Waals surface area (Å²) in [5, 5.41) is 0.481. The molecular formula is C24H28N6O3. The summed E-state index contributed by atoms with van der Waals surface area (Å²) in [4.78, 5) is 43.3. The molecule has 0 N–H and O–H groups in total. The maximum absolute atomic E-state index is 13.0. The summed E-state index contributed by atoms with van der Waals surface area (Å²) in [6.07, 6.45) is 0. The summed E-state index contributed by atoms with van der Waals surface area (Å²) in [5.41, 5.74) is 0.228. The average molecular weight is 449 g/mol. The molecule has 0 atom stereocenters. The second-order valence-corrected chi connectivity index (χ2v) is 8.67. The van der Waals surface area contributed by atoms with Gasteiger partial charge in [-0.2, -0.15) is 0 Å². The Hall–Kier alpha value is -3.46. The molecule has 33 heavy (non-hydrogen) atoms. The van der Waals surface area contributed by atoms with E-state index in [0.717, 1.165) is 43.6 Å². The van der Waals surface area contributed by atoms with Crippen LogP contribution in [0.5, 0.6) is 0 Å². The van der Waals surface area contributed by atoms with Crippen molar-refractivity contribution in [3.8, 4) is 0 Å². The van der Waals surface area contributed by atoms with Crippen molar-refractivity contribution >= 4 is 28.5 Å². The van der Waals surface area contributed by atoms with Crippen molar-refractivity contribution in [2.45, 2.75) is 6.92 Å². The molecule has 2 fully saturated rings. The molecule has 0 radical (unpaired) electrons. The van der Waals surface area contributed by atoms with Crippen molar-refractivity contribution < 1.29 is 9.21 Å². The number of aromatic nitrogens is 2. The molecule has 5 rings (SSSR count). The molecule has 0 spiro atoms. The normalized spacial score (nSPS) is 17.6. The molecule has 0 aliphatic carbocycles. The molecule has 172 valence electrons. The van der Waals surface area contributed by atoms with Gasteiger partial charge in [-0.15, -0.1) is 0 Å². The first-order valence-electron chi connectivity index (χ1n) is 11.3. The number of likely N-dealkylation sites (N-methyl/N-ethyl adjacent to an activating group) is 1. The number of anilines is 2. The van der Waals surface area contributed by atoms with E-state index in [1.54, 1.807) is 29.2 Å². The fourth-order valence-electron chi connectivity index (χ4n) is 4.40. The number of aryl methyl sites for hydroxylation is 1. The number of fused-ring (bicyclic) bond motifs is 1. The number of benzene rings is 1. The lowest BCUT2D eigenvalue weighted by atomic mass is 10.2. The second kappa shape index (κ2) is 8.82. The first kappa shape index (κ1) is 21.4. The number of piperazine rings is 2. The van der Waals surface area contributed by atoms with Gasteiger partial charge < -0.3 is 24.0 Å². The molecule has 9 nitrogen and oxygen atoms in total. The number of hydrogen-bond acceptors (Lipinski definition) is 8. The highest BCUT2D eigenvalue weighted by Gasteiger charge is 2.26. The molecule has 0 unspecified atom stereocenters. The van der Waals surface area contributed by atoms with Crippen LogP contribution in [0, 0.1) is 6.92 Å². The lowest BCUT2D eigenvalue weighted by Crippen LogP contribution is -2.49. The van der Waals surface area contributed by atoms with Gasteiger partial charge in [0, 0.05) is 64.5 Å². The number of para-hydroxylation sites is 1. The zero-order chi connectivity index (χ0) is 22.9. The molecule has 2 aliphatic rings. The van der Waals surface area contributed by atoms with Crippen LogP contribution in [0.4, 0.5) is 11.6 Å². The average Bonchev–Trinajstić information content (AvgIpc) is 2.84. The zero-order valence-corrected chi connectivity index (χ0v) is 19.0. The van der Waals surface area contributed by atoms with E-state index < -0.39 is 0 Å². The summed E-state index contributed by atoms with van der Waals surface area (Å²) in [6, 6.07) is 10.3. The minimum Gasteiger partial charge on any atom is -0.451 e. The Morgan fingerprint density at radius 1 is 0.879 bits per heavy atom. The highest BCUT2D eigenvalue weighted by atomic mass is 16.3. The van der Waals surface area contributed by atoms with Gasteiger partial charge in [-0.3, -0.25) is 9.59 Å². The first-order valence-corrected chi connectivity index (χ1v) is 11.3. The van der Waals surface area contributed by atoms with Crippen LogP contribution in [0.3, 0.4) is 0 Å². The van der Waals surface area contributed by atoms with E-state index >= 15 is 0 Å². The standard InChI is InChI=1S/C24H28N6O3/c1-17-25-22(28-9-7-27(2)8-10-28)16-23(26-17)29-11-13-30(14-12-29)24(32)21-15-19(31)18-5-3-4-6-20(18)33-21/h3-6,15-16H,7-14H2,1-2H3. The quantitative estimate of drug-likeness (QED) is 0.597. The van der Waals surface area contributed by atoms with Crippen LogP contribution in [-0.4, -0.2) is 85.1 Å². The lowest BCUT2D eigenvalue weighted by Gasteiger charge is -2.36. The highest BCUT2D eigenvalue weighted by Crippen LogP contribution is 2.22. The molecule has 0 saturated carbocycles. The Labute approximate surface area is 192 Å². The van der Waals surface area contributed by atoms with E-state index in [9.17, 15) is 9.59 Å². The third-order valence-corrected chi connectivity index (χ3v) is 6.37. The minimum atomic E-state index is -0.255. The van der Waals surface area contributed by atoms with E-state index in [-0.39, 0.29) is 17.1 Å². The largest absolute Gasteiger partial charge is 0.451 e. The van der Waals surface area contributed by atoms with Crippen LogP contribution in [0.2, 0.25) is 0 Å². The van der Waals surface area contributed by atoms with Crippen LogP contribution in [0.1, 0.15) is 16.4 Å². The predicted octanol–water partition coefficient (Wildman–Crippen LogP) is 1.61. The Bertz CT molecular complexity index is 1230. The smallest absolute Gasteiger partial charge is 0.289 e. The van der Waals surface area contributed by atoms with Crippen LogP contribution in [0.15, 0.2) is 45.6 Å². The SMILES string of the molecule is Cc1nc(N2CCN(C)CC2)cc(N2CCN(C(=O)c3cc(=O)c4ccccc4o3)CC2)n1. The van der Waals surface area contributed by atoms with Crippen LogP contribution < -0.4 is 15.2 Å². The van der Waals surface area contributed by atoms with Crippen LogP contribution in [0.25, 0.3) is 11.0 Å². The van der Waals surface area contributed by atoms with E-state index in [1.807, 2.05) is 6.92 Å². The van der Waals surface area contributed by atoms with E-state index in [4.69, 9.17) is 4.42 Å². The van der Waals surface area contributed by atoms with E-state index in [1.165, 1.54) is 6.07 Å². The summed E-state index contributed by atoms with van der Waals surface area (Å²) in [5.74, 6) is 2.43. The monoisotopic (exact) mass is 448 g/mol. The number of rotatable bonds is 3. The second-order valence-electron chi connectivity index (χ2n) is 8.67. The fourth-order valence-corrected chi connectivity index (χ4v) is 4.40. The third kappa shape index (κ3) is 4.41. The molecule has 2 saturated heterocycles. The minimum absolute atomic E-state index is 0.0855. The molecule has 1 amide bonds. The van der Waals surface area contributed by atoms with Gasteiger partial charge in [0.05, 0.1) is 5.39 Å². The van der Waals surface area contributed by atoms with Crippen molar-refractivity contribution in [1.29, 1.82) is 0 Å². The molecule has 1 aromatic carbocycles. The first-order chi connectivity index (χ1) is 16.0. The van der Waals surface area contributed by atoms with Crippen molar-refractivity contribution in [3.63, 3.8) is 0 Å². The fraction of sp³-hybridized carbons (Fsp3) is 0.417. The number of carbonyl (C=O) groups excluding carboxylic acids is 1. The number of amides is 1. The summed E-state index contributed by atoms with van der Waals surface area (Å²) in [7, 11) is 2.14. The topological polar surface area (TPSA) is 86.0 Å². The van der Waals surface area contributed by atoms with Gasteiger partial charge in [0.25, 0.3) is 5.91 Å². The maximum Gasteiger partial charge on any atom is 0.289 e. The third-order valence-electron chi connectivity index (χ3n) is 6.37. The van der Waals surface area contributed by atoms with Gasteiger partial charge in [-0.05, 0) is 26.1 Å². The van der Waals surface area contributed by atoms with Gasteiger partial charge in [-0.25, -0.2) is 9.97 Å². The lowest BCUT2D eigenvalue weighted by molar-refractivity contribution is 0.0715. The molecule has 9 heteroatoms. The Kier molecular flexibility index (Phi) is 5.72. The van der Waals surface area contributed by atoms with E-state index in [0.29, 0.717) is 37.1 Å². The van der Waals surface area contributed by atoms with Crippen LogP contribution >= 0.6 is 0 Å². The van der Waals surface area contributed by atoms with Gasteiger partial charge in [-0.1, -0.05) is 12.1 Å². The molecule has 0 bridgehead atoms. The molecule has 2 aliphatic heterocycles. The Balaban J connectivity index is 1.28. The summed E-state index contributed by atoms with van der Waals surface area (Å²) in [6.45, 7) is 8.23. The van der Waals surface area contributed by atoms with Crippen molar-refractivity contribution in [1.82, 2.24) is 19.8 Å². The predicted molar refractivity (Wildman–Crippen MR) is 127 cm³/mol. The highest BCUT2D eigenvalue weighted by molar-refractivity contribution is 5.93. The van der Waals surface area contributed by atoms with Gasteiger partial charge in [0.15, 0.2) is 11.2 Å². The summed E-state index contributed by atoms with van der Waals surface area (Å²) < 4.78 is 5.74. The number of carbonyl (C=O) groups is 1. The Morgan fingerprint density at radius 2 is 1.48 bits per heavy atom. The van der Waals surface area contributed by atoms with Crippen molar-refractivity contribution in [2.24, 2.45) is 0 Å². The Morgan fingerprint density at radius 3 is 2.15 bits per heavy atom. The zero-order valence-electron chi connectivity index (χ0n) is 19.0. The molecular weight excluding hydrogens is 420 g/mol. The van der Waals surface area contributed by atoms with Crippen LogP contribution in [-0.2, 0) is 0 Å². The number of nitrogens with zero attached hydrogens (tertiary/aromatic N) is 6. The van der Waals surface area contributed by atoms with E-state index in [2.05, 4.69) is 37.8 Å². The molecule has 3 aromatic rings. The number of hydrogen-bond donors (Lipinski definition) is 0. The van der Waals surface area contributed by atoms with Crippen molar-refractivity contribution in [3.05, 3.63) is 58.2 Å². The molecule has 4 heterocycles. The van der Waals surface area contributed by atoms with Gasteiger partial charge in [0.2, 0.25) is 0 Å². The van der Waals surface area contributed by atoms with Gasteiger partial charge >= 0.3 is 0 Å².